The molecule has 2 rings (SSSR count). The molecule has 1 amide bonds. The predicted octanol–water partition coefficient (Wildman–Crippen LogP) is 2.02. The Hall–Kier alpha value is -2.08. The Kier molecular flexibility index (Phi) is 5.16. The highest BCUT2D eigenvalue weighted by atomic mass is 16.6. The fourth-order valence-electron chi connectivity index (χ4n) is 2.04. The second kappa shape index (κ2) is 7.08. The Bertz CT molecular complexity index is 499. The zero-order valence-corrected chi connectivity index (χ0v) is 12.2. The summed E-state index contributed by atoms with van der Waals surface area (Å²) in [6.45, 7) is 2.74. The van der Waals surface area contributed by atoms with Gasteiger partial charge < -0.3 is 14.2 Å². The van der Waals surface area contributed by atoms with Crippen LogP contribution in [0.5, 0.6) is 5.75 Å². The van der Waals surface area contributed by atoms with Gasteiger partial charge in [-0.15, -0.1) is 0 Å². The van der Waals surface area contributed by atoms with Crippen LogP contribution < -0.4 is 9.64 Å². The summed E-state index contributed by atoms with van der Waals surface area (Å²) in [7, 11) is 1.57. The molecule has 0 spiro atoms. The highest BCUT2D eigenvalue weighted by molar-refractivity contribution is 5.89. The fourth-order valence-corrected chi connectivity index (χ4v) is 2.04. The molecule has 21 heavy (non-hydrogen) atoms. The number of carbonyl (C=O) groups excluding carboxylic acids is 2. The molecule has 0 aliphatic carbocycles. The molecule has 0 saturated carbocycles. The lowest BCUT2D eigenvalue weighted by molar-refractivity contribution is -0.117. The first kappa shape index (κ1) is 15.3. The minimum atomic E-state index is -0.373. The van der Waals surface area contributed by atoms with E-state index in [1.165, 1.54) is 6.92 Å². The highest BCUT2D eigenvalue weighted by Crippen LogP contribution is 2.24. The molecule has 0 radical (unpaired) electrons. The Morgan fingerprint density at radius 2 is 2.10 bits per heavy atom. The molecule has 0 N–H and O–H groups in total. The van der Waals surface area contributed by atoms with E-state index in [0.29, 0.717) is 31.9 Å². The van der Waals surface area contributed by atoms with Crippen LogP contribution in [0.4, 0.5) is 10.5 Å². The number of cyclic esters (lactones) is 1. The predicted molar refractivity (Wildman–Crippen MR) is 76.7 cm³/mol. The summed E-state index contributed by atoms with van der Waals surface area (Å²) in [6.07, 6.45) is -0.227. The summed E-state index contributed by atoms with van der Waals surface area (Å²) < 4.78 is 15.6. The van der Waals surface area contributed by atoms with E-state index in [4.69, 9.17) is 14.2 Å². The number of benzene rings is 1. The third kappa shape index (κ3) is 4.19. The van der Waals surface area contributed by atoms with E-state index in [1.54, 1.807) is 36.3 Å². The van der Waals surface area contributed by atoms with Gasteiger partial charge in [0.15, 0.2) is 0 Å². The third-order valence-corrected chi connectivity index (χ3v) is 3.10. The largest absolute Gasteiger partial charge is 0.493 e. The molecule has 6 heteroatoms. The lowest BCUT2D eigenvalue weighted by Gasteiger charge is -2.13. The molecule has 1 aliphatic heterocycles. The van der Waals surface area contributed by atoms with E-state index in [-0.39, 0.29) is 18.0 Å². The number of rotatable bonds is 7. The Morgan fingerprint density at radius 1 is 1.38 bits per heavy atom. The molecular formula is C15H19NO5. The zero-order valence-electron chi connectivity index (χ0n) is 12.2. The number of methoxy groups -OCH3 is 1. The van der Waals surface area contributed by atoms with Crippen molar-refractivity contribution in [3.8, 4) is 5.75 Å². The summed E-state index contributed by atoms with van der Waals surface area (Å²) in [6, 6.07) is 7.12. The molecule has 1 fully saturated rings. The van der Waals surface area contributed by atoms with Gasteiger partial charge in [-0.05, 0) is 31.2 Å². The maximum Gasteiger partial charge on any atom is 0.414 e. The second-order valence-corrected chi connectivity index (χ2v) is 4.87. The molecule has 1 aliphatic rings. The van der Waals surface area contributed by atoms with E-state index in [1.807, 2.05) is 0 Å². The summed E-state index contributed by atoms with van der Waals surface area (Å²) in [4.78, 5) is 24.2. The number of nitrogens with zero attached hydrogens (tertiary/aromatic N) is 1. The van der Waals surface area contributed by atoms with Crippen LogP contribution in [0, 0.1) is 0 Å². The number of carbonyl (C=O) groups is 2. The van der Waals surface area contributed by atoms with Gasteiger partial charge in [0.25, 0.3) is 0 Å². The summed E-state index contributed by atoms with van der Waals surface area (Å²) in [5.74, 6) is 0.761. The van der Waals surface area contributed by atoms with E-state index >= 15 is 0 Å². The second-order valence-electron chi connectivity index (χ2n) is 4.87. The van der Waals surface area contributed by atoms with Crippen LogP contribution >= 0.6 is 0 Å². The van der Waals surface area contributed by atoms with Crippen LogP contribution in [0.25, 0.3) is 0 Å². The smallest absolute Gasteiger partial charge is 0.414 e. The first-order chi connectivity index (χ1) is 10.1. The number of ether oxygens (including phenoxy) is 3. The molecule has 0 aromatic heterocycles. The fraction of sp³-hybridized carbons (Fsp3) is 0.467. The van der Waals surface area contributed by atoms with Crippen LogP contribution in [-0.4, -0.2) is 44.8 Å². The number of ketones is 1. The average molecular weight is 293 g/mol. The Morgan fingerprint density at radius 3 is 2.71 bits per heavy atom. The standard InChI is InChI=1S/C15H19NO5/c1-11(17)7-8-20-13-5-3-12(4-6-13)16-9-14(10-19-2)21-15(16)18/h3-6,14H,7-10H2,1-2H3. The van der Waals surface area contributed by atoms with Gasteiger partial charge in [0.2, 0.25) is 0 Å². The zero-order chi connectivity index (χ0) is 15.2. The van der Waals surface area contributed by atoms with Crippen LogP contribution in [0.15, 0.2) is 24.3 Å². The van der Waals surface area contributed by atoms with Crippen molar-refractivity contribution in [1.82, 2.24) is 0 Å². The van der Waals surface area contributed by atoms with Crippen molar-refractivity contribution < 1.29 is 23.8 Å². The summed E-state index contributed by atoms with van der Waals surface area (Å²) in [5.41, 5.74) is 0.748. The normalized spacial score (nSPS) is 17.7. The van der Waals surface area contributed by atoms with E-state index in [2.05, 4.69) is 0 Å². The van der Waals surface area contributed by atoms with Crippen molar-refractivity contribution in [3.05, 3.63) is 24.3 Å². The number of Topliss-reactive ketones (excluding diaryl/α,β-unsaturated/α-hetero) is 1. The SMILES string of the molecule is COCC1CN(c2ccc(OCCC(C)=O)cc2)C(=O)O1. The van der Waals surface area contributed by atoms with Crippen molar-refractivity contribution in [2.24, 2.45) is 0 Å². The molecule has 1 heterocycles. The monoisotopic (exact) mass is 293 g/mol. The molecule has 6 nitrogen and oxygen atoms in total. The van der Waals surface area contributed by atoms with Crippen molar-refractivity contribution >= 4 is 17.6 Å². The van der Waals surface area contributed by atoms with Gasteiger partial charge in [0.05, 0.1) is 19.8 Å². The minimum Gasteiger partial charge on any atom is -0.493 e. The summed E-state index contributed by atoms with van der Waals surface area (Å²) >= 11 is 0. The van der Waals surface area contributed by atoms with E-state index in [0.717, 1.165) is 5.69 Å². The van der Waals surface area contributed by atoms with Gasteiger partial charge >= 0.3 is 6.09 Å². The number of hydrogen-bond acceptors (Lipinski definition) is 5. The molecule has 1 aromatic carbocycles. The number of amides is 1. The number of anilines is 1. The topological polar surface area (TPSA) is 65.1 Å². The first-order valence-electron chi connectivity index (χ1n) is 6.79. The summed E-state index contributed by atoms with van der Waals surface area (Å²) in [5, 5.41) is 0. The van der Waals surface area contributed by atoms with E-state index < -0.39 is 0 Å². The maximum atomic E-state index is 11.8. The maximum absolute atomic E-state index is 11.8. The molecule has 0 bridgehead atoms. The average Bonchev–Trinajstić information content (AvgIpc) is 2.80. The molecule has 1 atom stereocenters. The van der Waals surface area contributed by atoms with Crippen molar-refractivity contribution in [1.29, 1.82) is 0 Å². The molecular weight excluding hydrogens is 274 g/mol. The van der Waals surface area contributed by atoms with Gasteiger partial charge in [-0.3, -0.25) is 9.69 Å². The van der Waals surface area contributed by atoms with Gasteiger partial charge in [-0.2, -0.15) is 0 Å². The van der Waals surface area contributed by atoms with Gasteiger partial charge in [-0.25, -0.2) is 4.79 Å². The highest BCUT2D eigenvalue weighted by Gasteiger charge is 2.32. The lowest BCUT2D eigenvalue weighted by atomic mass is 10.2. The van der Waals surface area contributed by atoms with Crippen LogP contribution in [0.1, 0.15) is 13.3 Å². The van der Waals surface area contributed by atoms with E-state index in [9.17, 15) is 9.59 Å². The third-order valence-electron chi connectivity index (χ3n) is 3.10. The number of hydrogen-bond donors (Lipinski definition) is 0. The van der Waals surface area contributed by atoms with Gasteiger partial charge in [0.1, 0.15) is 17.6 Å². The van der Waals surface area contributed by atoms with Crippen LogP contribution in [-0.2, 0) is 14.3 Å². The van der Waals surface area contributed by atoms with Crippen molar-refractivity contribution in [2.45, 2.75) is 19.4 Å². The quantitative estimate of drug-likeness (QED) is 0.769. The molecule has 114 valence electrons. The van der Waals surface area contributed by atoms with Gasteiger partial charge in [0, 0.05) is 19.2 Å². The lowest BCUT2D eigenvalue weighted by Crippen LogP contribution is -2.25. The minimum absolute atomic E-state index is 0.0932. The Balaban J connectivity index is 1.92. The Labute approximate surface area is 123 Å². The molecule has 1 saturated heterocycles. The molecule has 1 unspecified atom stereocenters. The van der Waals surface area contributed by atoms with Crippen molar-refractivity contribution in [3.63, 3.8) is 0 Å². The molecule has 1 aromatic rings. The van der Waals surface area contributed by atoms with Crippen molar-refractivity contribution in [2.75, 3.05) is 31.8 Å². The van der Waals surface area contributed by atoms with Gasteiger partial charge in [-0.1, -0.05) is 0 Å². The van der Waals surface area contributed by atoms with Crippen LogP contribution in [0.2, 0.25) is 0 Å². The van der Waals surface area contributed by atoms with Crippen LogP contribution in [0.3, 0.4) is 0 Å². The first-order valence-corrected chi connectivity index (χ1v) is 6.79.